The molecule has 0 amide bonds. The van der Waals surface area contributed by atoms with Crippen LogP contribution in [0.2, 0.25) is 0 Å². The Bertz CT molecular complexity index is 767. The van der Waals surface area contributed by atoms with Crippen molar-refractivity contribution in [1.82, 2.24) is 0 Å². The number of benzene rings is 2. The van der Waals surface area contributed by atoms with Crippen LogP contribution >= 0.6 is 0 Å². The molecule has 116 valence electrons. The molecule has 2 aromatic rings. The zero-order chi connectivity index (χ0) is 16.1. The summed E-state index contributed by atoms with van der Waals surface area (Å²) in [6.45, 7) is 4.27. The number of hydrogen-bond acceptors (Lipinski definition) is 2. The van der Waals surface area contributed by atoms with Crippen LogP contribution in [0.25, 0.3) is 0 Å². The van der Waals surface area contributed by atoms with Gasteiger partial charge in [0.15, 0.2) is 0 Å². The lowest BCUT2D eigenvalue weighted by molar-refractivity contribution is 1.13. The molecule has 1 N–H and O–H groups in total. The van der Waals surface area contributed by atoms with Crippen molar-refractivity contribution in [2.75, 3.05) is 5.43 Å². The van der Waals surface area contributed by atoms with Crippen molar-refractivity contribution in [1.29, 1.82) is 0 Å². The summed E-state index contributed by atoms with van der Waals surface area (Å²) in [6, 6.07) is 18.6. The molecule has 3 rings (SSSR count). The van der Waals surface area contributed by atoms with E-state index in [1.807, 2.05) is 18.2 Å². The molecule has 2 nitrogen and oxygen atoms in total. The first-order valence-electron chi connectivity index (χ1n) is 8.03. The Kier molecular flexibility index (Phi) is 4.72. The van der Waals surface area contributed by atoms with Crippen LogP contribution in [0.3, 0.4) is 0 Å². The van der Waals surface area contributed by atoms with Crippen molar-refractivity contribution in [2.45, 2.75) is 26.7 Å². The fourth-order valence-corrected chi connectivity index (χ4v) is 2.73. The molecule has 0 unspecified atom stereocenters. The van der Waals surface area contributed by atoms with Crippen molar-refractivity contribution >= 4 is 11.4 Å². The molecule has 0 saturated heterocycles. The molecule has 0 saturated carbocycles. The maximum absolute atomic E-state index is 4.73. The average Bonchev–Trinajstić information content (AvgIpc) is 2.98. The number of nitrogens with zero attached hydrogens (tertiary/aromatic N) is 1. The van der Waals surface area contributed by atoms with Crippen LogP contribution in [0.5, 0.6) is 0 Å². The van der Waals surface area contributed by atoms with Crippen molar-refractivity contribution in [3.05, 3.63) is 89.0 Å². The summed E-state index contributed by atoms with van der Waals surface area (Å²) in [7, 11) is 0. The lowest BCUT2D eigenvalue weighted by Crippen LogP contribution is -2.06. The molecule has 0 radical (unpaired) electrons. The Morgan fingerprint density at radius 2 is 1.74 bits per heavy atom. The lowest BCUT2D eigenvalue weighted by atomic mass is 10.00. The van der Waals surface area contributed by atoms with Gasteiger partial charge in [-0.3, -0.25) is 5.43 Å². The topological polar surface area (TPSA) is 24.4 Å². The van der Waals surface area contributed by atoms with E-state index >= 15 is 0 Å². The highest BCUT2D eigenvalue weighted by Crippen LogP contribution is 2.24. The molecule has 0 heterocycles. The van der Waals surface area contributed by atoms with Gasteiger partial charge in [-0.2, -0.15) is 5.10 Å². The minimum absolute atomic E-state index is 0.877. The van der Waals surface area contributed by atoms with E-state index in [0.717, 1.165) is 24.2 Å². The summed E-state index contributed by atoms with van der Waals surface area (Å²) in [5.74, 6) is 0. The van der Waals surface area contributed by atoms with Crippen LogP contribution in [0.4, 0.5) is 5.69 Å². The number of allylic oxidation sites excluding steroid dienone is 4. The second kappa shape index (κ2) is 7.10. The standard InChI is InChI=1S/C21H22N2/c1-16-10-8-13-19(16)15-21(18-11-4-3-5-12-18)23-22-20-14-7-6-9-17(20)2/h3-12,14,22H,13,15H2,1-2H3. The fraction of sp³-hybridized carbons (Fsp3) is 0.190. The van der Waals surface area contributed by atoms with Gasteiger partial charge in [-0.15, -0.1) is 0 Å². The largest absolute Gasteiger partial charge is 0.278 e. The van der Waals surface area contributed by atoms with Crippen LogP contribution in [0, 0.1) is 6.92 Å². The minimum atomic E-state index is 0.877. The van der Waals surface area contributed by atoms with Gasteiger partial charge < -0.3 is 0 Å². The normalized spacial score (nSPS) is 14.4. The molecule has 2 aromatic carbocycles. The van der Waals surface area contributed by atoms with Gasteiger partial charge in [0.25, 0.3) is 0 Å². The van der Waals surface area contributed by atoms with Gasteiger partial charge in [0.1, 0.15) is 0 Å². The summed E-state index contributed by atoms with van der Waals surface area (Å²) < 4.78 is 0. The van der Waals surface area contributed by atoms with E-state index in [-0.39, 0.29) is 0 Å². The maximum atomic E-state index is 4.73. The smallest absolute Gasteiger partial charge is 0.0720 e. The van der Waals surface area contributed by atoms with E-state index in [9.17, 15) is 0 Å². The van der Waals surface area contributed by atoms with E-state index in [1.54, 1.807) is 0 Å². The number of rotatable bonds is 5. The first-order valence-corrected chi connectivity index (χ1v) is 8.03. The highest BCUT2D eigenvalue weighted by atomic mass is 15.3. The van der Waals surface area contributed by atoms with Crippen LogP contribution in [0.15, 0.2) is 83.0 Å². The molecule has 0 fully saturated rings. The predicted octanol–water partition coefficient (Wildman–Crippen LogP) is 5.48. The number of aryl methyl sites for hydroxylation is 1. The van der Waals surface area contributed by atoms with Crippen molar-refractivity contribution in [3.63, 3.8) is 0 Å². The number of anilines is 1. The summed E-state index contributed by atoms with van der Waals surface area (Å²) in [4.78, 5) is 0. The molecule has 0 atom stereocenters. The highest BCUT2D eigenvalue weighted by Gasteiger charge is 2.11. The zero-order valence-electron chi connectivity index (χ0n) is 13.7. The number of nitrogens with one attached hydrogen (secondary N) is 1. The molecule has 2 heteroatoms. The second-order valence-corrected chi connectivity index (χ2v) is 5.92. The summed E-state index contributed by atoms with van der Waals surface area (Å²) >= 11 is 0. The van der Waals surface area contributed by atoms with E-state index in [0.29, 0.717) is 0 Å². The van der Waals surface area contributed by atoms with Crippen LogP contribution in [0.1, 0.15) is 30.9 Å². The SMILES string of the molecule is CC1=C(CC(=NNc2ccccc2C)c2ccccc2)CC=C1. The van der Waals surface area contributed by atoms with E-state index < -0.39 is 0 Å². The van der Waals surface area contributed by atoms with Crippen LogP contribution in [-0.2, 0) is 0 Å². The van der Waals surface area contributed by atoms with Gasteiger partial charge in [-0.1, -0.05) is 71.8 Å². The third-order valence-electron chi connectivity index (χ3n) is 4.23. The molecule has 0 aliphatic heterocycles. The maximum Gasteiger partial charge on any atom is 0.0720 e. The molecule has 0 aromatic heterocycles. The Balaban J connectivity index is 1.87. The van der Waals surface area contributed by atoms with E-state index in [2.05, 4.69) is 67.8 Å². The Morgan fingerprint density at radius 1 is 1.00 bits per heavy atom. The summed E-state index contributed by atoms with van der Waals surface area (Å²) in [5.41, 5.74) is 10.5. The highest BCUT2D eigenvalue weighted by molar-refractivity contribution is 6.02. The number of hydrazone groups is 1. The molecule has 0 bridgehead atoms. The molecule has 0 spiro atoms. The fourth-order valence-electron chi connectivity index (χ4n) is 2.73. The van der Waals surface area contributed by atoms with Gasteiger partial charge in [-0.25, -0.2) is 0 Å². The van der Waals surface area contributed by atoms with E-state index in [4.69, 9.17) is 5.10 Å². The Hall–Kier alpha value is -2.61. The first kappa shape index (κ1) is 15.3. The van der Waals surface area contributed by atoms with Gasteiger partial charge in [-0.05, 0) is 37.5 Å². The zero-order valence-corrected chi connectivity index (χ0v) is 13.7. The van der Waals surface area contributed by atoms with Crippen molar-refractivity contribution in [3.8, 4) is 0 Å². The van der Waals surface area contributed by atoms with Gasteiger partial charge in [0.2, 0.25) is 0 Å². The summed E-state index contributed by atoms with van der Waals surface area (Å²) in [6.07, 6.45) is 6.33. The Labute approximate surface area is 138 Å². The molecular weight excluding hydrogens is 280 g/mol. The quantitative estimate of drug-likeness (QED) is 0.574. The van der Waals surface area contributed by atoms with Crippen LogP contribution in [-0.4, -0.2) is 5.71 Å². The van der Waals surface area contributed by atoms with Gasteiger partial charge in [0.05, 0.1) is 11.4 Å². The molecule has 1 aliphatic rings. The Morgan fingerprint density at radius 3 is 2.43 bits per heavy atom. The third-order valence-corrected chi connectivity index (χ3v) is 4.23. The van der Waals surface area contributed by atoms with Crippen molar-refractivity contribution < 1.29 is 0 Å². The number of hydrogen-bond donors (Lipinski definition) is 1. The first-order chi connectivity index (χ1) is 11.2. The average molecular weight is 302 g/mol. The lowest BCUT2D eigenvalue weighted by Gasteiger charge is -2.11. The number of para-hydroxylation sites is 1. The van der Waals surface area contributed by atoms with Gasteiger partial charge in [0, 0.05) is 6.42 Å². The van der Waals surface area contributed by atoms with Crippen LogP contribution < -0.4 is 5.43 Å². The molecule has 23 heavy (non-hydrogen) atoms. The van der Waals surface area contributed by atoms with Gasteiger partial charge >= 0.3 is 0 Å². The monoisotopic (exact) mass is 302 g/mol. The molecular formula is C21H22N2. The predicted molar refractivity (Wildman–Crippen MR) is 98.9 cm³/mol. The third kappa shape index (κ3) is 3.78. The van der Waals surface area contributed by atoms with Crippen molar-refractivity contribution in [2.24, 2.45) is 5.10 Å². The summed E-state index contributed by atoms with van der Waals surface area (Å²) in [5, 5.41) is 4.73. The second-order valence-electron chi connectivity index (χ2n) is 5.92. The molecule has 1 aliphatic carbocycles. The minimum Gasteiger partial charge on any atom is -0.278 e. The van der Waals surface area contributed by atoms with E-state index in [1.165, 1.54) is 22.3 Å².